The molecule has 0 fully saturated rings. The number of benzene rings is 2. The van der Waals surface area contributed by atoms with Crippen LogP contribution in [0, 0.1) is 0 Å². The zero-order chi connectivity index (χ0) is 29.3. The number of carbonyl (C=O) groups excluding carboxylic acids is 1. The molecule has 1 N–H and O–H groups in total. The number of methoxy groups -OCH3 is 1. The standard InChI is InChI=1S/C26H33N2O9PS2/c1-6-34-38(30,35-7-2)16-20-17-39-26(27-20)28-25(29)19-12-22(36-18(3)15-33-4)14-23(13-19)37-21-8-10-24(11-9-21)40(5,31)32/h8-14,17-18H,6-7,15-16H2,1-5H3,(H,27,28,29). The molecule has 1 heterocycles. The van der Waals surface area contributed by atoms with E-state index in [1.165, 1.54) is 41.7 Å². The molecule has 0 spiro atoms. The van der Waals surface area contributed by atoms with Gasteiger partial charge in [-0.2, -0.15) is 0 Å². The number of sulfone groups is 1. The molecule has 218 valence electrons. The van der Waals surface area contributed by atoms with E-state index < -0.39 is 23.3 Å². The van der Waals surface area contributed by atoms with Crippen LogP contribution in [0.1, 0.15) is 36.8 Å². The maximum Gasteiger partial charge on any atom is 0.336 e. The molecule has 2 aromatic carbocycles. The number of nitrogens with one attached hydrogen (secondary N) is 1. The molecule has 1 amide bonds. The maximum atomic E-state index is 13.2. The number of nitrogens with zero attached hydrogens (tertiary/aromatic N) is 1. The van der Waals surface area contributed by atoms with Crippen molar-refractivity contribution in [2.75, 3.05) is 38.5 Å². The van der Waals surface area contributed by atoms with Crippen LogP contribution in [0.4, 0.5) is 5.13 Å². The van der Waals surface area contributed by atoms with Crippen LogP contribution in [0.25, 0.3) is 0 Å². The highest BCUT2D eigenvalue weighted by Gasteiger charge is 2.26. The van der Waals surface area contributed by atoms with Crippen molar-refractivity contribution in [3.05, 3.63) is 59.1 Å². The van der Waals surface area contributed by atoms with Gasteiger partial charge in [-0.3, -0.25) is 14.7 Å². The molecular weight excluding hydrogens is 579 g/mol. The van der Waals surface area contributed by atoms with Gasteiger partial charge < -0.3 is 23.3 Å². The van der Waals surface area contributed by atoms with Crippen molar-refractivity contribution in [1.82, 2.24) is 4.98 Å². The fourth-order valence-electron chi connectivity index (χ4n) is 3.55. The summed E-state index contributed by atoms with van der Waals surface area (Å²) in [6.07, 6.45) is 0.799. The van der Waals surface area contributed by atoms with Crippen molar-refractivity contribution in [2.24, 2.45) is 0 Å². The third kappa shape index (κ3) is 9.39. The summed E-state index contributed by atoms with van der Waals surface area (Å²) in [4.78, 5) is 17.7. The molecule has 0 bridgehead atoms. The number of thiazole rings is 1. The molecular formula is C26H33N2O9PS2. The van der Waals surface area contributed by atoms with Gasteiger partial charge in [0, 0.05) is 30.4 Å². The normalized spacial score (nSPS) is 12.6. The Morgan fingerprint density at radius 1 is 1.05 bits per heavy atom. The lowest BCUT2D eigenvalue weighted by molar-refractivity contribution is 0.0916. The van der Waals surface area contributed by atoms with Crippen LogP contribution in [-0.4, -0.2) is 58.6 Å². The summed E-state index contributed by atoms with van der Waals surface area (Å²) in [5, 5.41) is 4.73. The first kappa shape index (κ1) is 31.7. The minimum absolute atomic E-state index is 0.0160. The number of anilines is 1. The molecule has 3 aromatic rings. The molecule has 0 radical (unpaired) electrons. The Hall–Kier alpha value is -2.80. The van der Waals surface area contributed by atoms with Gasteiger partial charge in [-0.15, -0.1) is 11.3 Å². The average Bonchev–Trinajstić information content (AvgIpc) is 3.30. The number of rotatable bonds is 15. The Labute approximate surface area is 238 Å². The maximum absolute atomic E-state index is 13.2. The van der Waals surface area contributed by atoms with E-state index in [9.17, 15) is 17.8 Å². The first-order chi connectivity index (χ1) is 18.9. The molecule has 14 heteroatoms. The second kappa shape index (κ2) is 14.2. The van der Waals surface area contributed by atoms with E-state index in [1.807, 2.05) is 6.92 Å². The van der Waals surface area contributed by atoms with E-state index in [0.29, 0.717) is 34.7 Å². The lowest BCUT2D eigenvalue weighted by Crippen LogP contribution is -2.18. The van der Waals surface area contributed by atoms with Gasteiger partial charge in [0.05, 0.1) is 36.6 Å². The van der Waals surface area contributed by atoms with Gasteiger partial charge in [-0.05, 0) is 57.2 Å². The van der Waals surface area contributed by atoms with Crippen LogP contribution in [0.5, 0.6) is 17.2 Å². The van der Waals surface area contributed by atoms with Crippen LogP contribution in [0.3, 0.4) is 0 Å². The fourth-order valence-corrected chi connectivity index (χ4v) is 6.61. The lowest BCUT2D eigenvalue weighted by Gasteiger charge is -2.16. The summed E-state index contributed by atoms with van der Waals surface area (Å²) >= 11 is 1.18. The van der Waals surface area contributed by atoms with Gasteiger partial charge in [-0.1, -0.05) is 0 Å². The van der Waals surface area contributed by atoms with E-state index in [4.69, 9.17) is 23.3 Å². The predicted molar refractivity (Wildman–Crippen MR) is 153 cm³/mol. The number of hydrogen-bond donors (Lipinski definition) is 1. The van der Waals surface area contributed by atoms with Crippen LogP contribution >= 0.6 is 18.9 Å². The van der Waals surface area contributed by atoms with Gasteiger partial charge >= 0.3 is 7.60 Å². The molecule has 1 aromatic heterocycles. The van der Waals surface area contributed by atoms with Gasteiger partial charge in [0.1, 0.15) is 23.4 Å². The number of amides is 1. The molecule has 3 rings (SSSR count). The summed E-state index contributed by atoms with van der Waals surface area (Å²) in [6.45, 7) is 6.08. The molecule has 0 saturated carbocycles. The average molecular weight is 613 g/mol. The third-order valence-electron chi connectivity index (χ3n) is 5.15. The van der Waals surface area contributed by atoms with Crippen LogP contribution in [0.15, 0.2) is 52.7 Å². The van der Waals surface area contributed by atoms with Crippen molar-refractivity contribution >= 4 is 39.8 Å². The lowest BCUT2D eigenvalue weighted by atomic mass is 10.2. The molecule has 0 aliphatic rings. The monoisotopic (exact) mass is 612 g/mol. The van der Waals surface area contributed by atoms with E-state index in [1.54, 1.807) is 38.5 Å². The zero-order valence-electron chi connectivity index (χ0n) is 22.9. The van der Waals surface area contributed by atoms with Crippen molar-refractivity contribution in [3.8, 4) is 17.2 Å². The first-order valence-electron chi connectivity index (χ1n) is 12.4. The van der Waals surface area contributed by atoms with Gasteiger partial charge in [0.25, 0.3) is 5.91 Å². The van der Waals surface area contributed by atoms with Crippen molar-refractivity contribution < 1.29 is 41.0 Å². The molecule has 0 aliphatic heterocycles. The quantitative estimate of drug-likeness (QED) is 0.210. The van der Waals surface area contributed by atoms with Crippen molar-refractivity contribution in [1.29, 1.82) is 0 Å². The minimum Gasteiger partial charge on any atom is -0.488 e. The summed E-state index contributed by atoms with van der Waals surface area (Å²) in [5.41, 5.74) is 0.702. The highest BCUT2D eigenvalue weighted by Crippen LogP contribution is 2.51. The molecule has 40 heavy (non-hydrogen) atoms. The van der Waals surface area contributed by atoms with Gasteiger partial charge in [0.15, 0.2) is 15.0 Å². The van der Waals surface area contributed by atoms with Crippen LogP contribution in [0.2, 0.25) is 0 Å². The zero-order valence-corrected chi connectivity index (χ0v) is 25.4. The summed E-state index contributed by atoms with van der Waals surface area (Å²) in [5.74, 6) is 0.571. The Morgan fingerprint density at radius 2 is 1.70 bits per heavy atom. The number of ether oxygens (including phenoxy) is 3. The second-order valence-electron chi connectivity index (χ2n) is 8.63. The number of carbonyl (C=O) groups is 1. The highest BCUT2D eigenvalue weighted by molar-refractivity contribution is 7.90. The topological polar surface area (TPSA) is 139 Å². The smallest absolute Gasteiger partial charge is 0.336 e. The highest BCUT2D eigenvalue weighted by atomic mass is 32.2. The summed E-state index contributed by atoms with van der Waals surface area (Å²) in [6, 6.07) is 10.6. The second-order valence-corrected chi connectivity index (χ2v) is 13.6. The number of aromatic nitrogens is 1. The number of hydrogen-bond acceptors (Lipinski definition) is 11. The van der Waals surface area contributed by atoms with Gasteiger partial charge in [0.2, 0.25) is 0 Å². The van der Waals surface area contributed by atoms with Crippen LogP contribution in [-0.2, 0) is 34.3 Å². The van der Waals surface area contributed by atoms with Crippen LogP contribution < -0.4 is 14.8 Å². The Bertz CT molecular complexity index is 1430. The predicted octanol–water partition coefficient (Wildman–Crippen LogP) is 5.77. The molecule has 11 nitrogen and oxygen atoms in total. The molecule has 0 aliphatic carbocycles. The summed E-state index contributed by atoms with van der Waals surface area (Å²) < 4.78 is 64.0. The van der Waals surface area contributed by atoms with E-state index in [0.717, 1.165) is 6.26 Å². The first-order valence-corrected chi connectivity index (χ1v) is 16.9. The third-order valence-corrected chi connectivity index (χ3v) is 9.10. The van der Waals surface area contributed by atoms with E-state index >= 15 is 0 Å². The minimum atomic E-state index is -3.36. The molecule has 0 saturated heterocycles. The largest absolute Gasteiger partial charge is 0.488 e. The fraction of sp³-hybridized carbons (Fsp3) is 0.385. The van der Waals surface area contributed by atoms with E-state index in [2.05, 4.69) is 10.3 Å². The molecule has 1 atom stereocenters. The Morgan fingerprint density at radius 3 is 2.30 bits per heavy atom. The summed E-state index contributed by atoms with van der Waals surface area (Å²) in [7, 11) is -5.14. The van der Waals surface area contributed by atoms with E-state index in [-0.39, 0.29) is 35.9 Å². The SMILES string of the molecule is CCOP(=O)(Cc1csc(NC(=O)c2cc(Oc3ccc(S(C)(=O)=O)cc3)cc(OC(C)COC)c2)n1)OCC. The van der Waals surface area contributed by atoms with Crippen molar-refractivity contribution in [2.45, 2.75) is 37.9 Å². The Kier molecular flexibility index (Phi) is 11.3. The van der Waals surface area contributed by atoms with Crippen molar-refractivity contribution in [3.63, 3.8) is 0 Å². The van der Waals surface area contributed by atoms with Gasteiger partial charge in [-0.25, -0.2) is 13.4 Å². The Balaban J connectivity index is 1.82. The molecule has 1 unspecified atom stereocenters.